The van der Waals surface area contributed by atoms with Crippen LogP contribution in [-0.4, -0.2) is 44.2 Å². The highest BCUT2D eigenvalue weighted by atomic mass is 32.2. The molecule has 0 N–H and O–H groups in total. The average molecular weight is 355 g/mol. The SMILES string of the molecule is Cc1ccccc1S(=O)(=O)OC1CCN(C(=O)OC(C)(C)C)CC1. The van der Waals surface area contributed by atoms with Gasteiger partial charge in [-0.1, -0.05) is 18.2 Å². The third kappa shape index (κ3) is 4.95. The summed E-state index contributed by atoms with van der Waals surface area (Å²) >= 11 is 0. The third-order valence-electron chi connectivity index (χ3n) is 3.72. The van der Waals surface area contributed by atoms with Gasteiger partial charge in [-0.25, -0.2) is 4.79 Å². The normalized spacial score (nSPS) is 16.9. The fraction of sp³-hybridized carbons (Fsp3) is 0.588. The van der Waals surface area contributed by atoms with E-state index in [2.05, 4.69) is 0 Å². The molecule has 1 aromatic carbocycles. The number of carbonyl (C=O) groups excluding carboxylic acids is 1. The average Bonchev–Trinajstić information content (AvgIpc) is 2.46. The van der Waals surface area contributed by atoms with E-state index in [1.54, 1.807) is 36.1 Å². The zero-order valence-corrected chi connectivity index (χ0v) is 15.4. The molecule has 2 rings (SSSR count). The van der Waals surface area contributed by atoms with Crippen LogP contribution in [0.4, 0.5) is 4.79 Å². The molecule has 0 unspecified atom stereocenters. The fourth-order valence-electron chi connectivity index (χ4n) is 2.53. The Balaban J connectivity index is 1.94. The van der Waals surface area contributed by atoms with Gasteiger partial charge in [0.2, 0.25) is 0 Å². The molecule has 1 aliphatic heterocycles. The van der Waals surface area contributed by atoms with Crippen LogP contribution in [0.25, 0.3) is 0 Å². The Labute approximate surface area is 143 Å². The summed E-state index contributed by atoms with van der Waals surface area (Å²) in [6, 6.07) is 6.74. The van der Waals surface area contributed by atoms with Gasteiger partial charge in [-0.3, -0.25) is 4.18 Å². The number of ether oxygens (including phenoxy) is 1. The predicted octanol–water partition coefficient (Wildman–Crippen LogP) is 3.10. The number of piperidine rings is 1. The van der Waals surface area contributed by atoms with Crippen molar-refractivity contribution in [3.63, 3.8) is 0 Å². The van der Waals surface area contributed by atoms with E-state index in [1.807, 2.05) is 20.8 Å². The van der Waals surface area contributed by atoms with Gasteiger partial charge < -0.3 is 9.64 Å². The highest BCUT2D eigenvalue weighted by Gasteiger charge is 2.30. The number of hydrogen-bond donors (Lipinski definition) is 0. The number of nitrogens with zero attached hydrogens (tertiary/aromatic N) is 1. The van der Waals surface area contributed by atoms with Gasteiger partial charge in [-0.2, -0.15) is 8.42 Å². The summed E-state index contributed by atoms with van der Waals surface area (Å²) in [4.78, 5) is 13.8. The standard InChI is InChI=1S/C17H25NO5S/c1-13-7-5-6-8-15(13)24(20,21)23-14-9-11-18(12-10-14)16(19)22-17(2,3)4/h5-8,14H,9-12H2,1-4H3. The molecule has 0 radical (unpaired) electrons. The molecule has 0 aliphatic carbocycles. The van der Waals surface area contributed by atoms with Crippen molar-refractivity contribution in [1.82, 2.24) is 4.90 Å². The van der Waals surface area contributed by atoms with Gasteiger partial charge in [0, 0.05) is 13.1 Å². The molecule has 0 aromatic heterocycles. The number of aryl methyl sites for hydroxylation is 1. The largest absolute Gasteiger partial charge is 0.444 e. The fourth-order valence-corrected chi connectivity index (χ4v) is 3.89. The summed E-state index contributed by atoms with van der Waals surface area (Å²) in [5.74, 6) is 0. The second kappa shape index (κ2) is 7.11. The van der Waals surface area contributed by atoms with E-state index < -0.39 is 21.8 Å². The van der Waals surface area contributed by atoms with Crippen LogP contribution in [-0.2, 0) is 19.0 Å². The molecule has 0 saturated carbocycles. The topological polar surface area (TPSA) is 72.9 Å². The van der Waals surface area contributed by atoms with Crippen molar-refractivity contribution in [2.24, 2.45) is 0 Å². The maximum atomic E-state index is 12.4. The van der Waals surface area contributed by atoms with Crippen molar-refractivity contribution in [2.75, 3.05) is 13.1 Å². The van der Waals surface area contributed by atoms with Crippen LogP contribution < -0.4 is 0 Å². The van der Waals surface area contributed by atoms with E-state index in [9.17, 15) is 13.2 Å². The zero-order valence-electron chi connectivity index (χ0n) is 14.6. The molecule has 1 amide bonds. The minimum Gasteiger partial charge on any atom is -0.444 e. The highest BCUT2D eigenvalue weighted by Crippen LogP contribution is 2.23. The van der Waals surface area contributed by atoms with E-state index in [0.717, 1.165) is 0 Å². The van der Waals surface area contributed by atoms with Crippen LogP contribution in [0.2, 0.25) is 0 Å². The Hall–Kier alpha value is -1.60. The van der Waals surface area contributed by atoms with E-state index in [-0.39, 0.29) is 11.0 Å². The minimum atomic E-state index is -3.79. The molecule has 6 nitrogen and oxygen atoms in total. The van der Waals surface area contributed by atoms with Crippen molar-refractivity contribution in [3.8, 4) is 0 Å². The summed E-state index contributed by atoms with van der Waals surface area (Å²) in [6.45, 7) is 8.02. The third-order valence-corrected chi connectivity index (χ3v) is 5.24. The first-order valence-electron chi connectivity index (χ1n) is 8.05. The Kier molecular flexibility index (Phi) is 5.55. The first kappa shape index (κ1) is 18.7. The van der Waals surface area contributed by atoms with Crippen LogP contribution in [0, 0.1) is 6.92 Å². The molecule has 1 saturated heterocycles. The molecule has 1 aliphatic rings. The van der Waals surface area contributed by atoms with Crippen molar-refractivity contribution in [2.45, 2.75) is 57.1 Å². The number of rotatable bonds is 3. The summed E-state index contributed by atoms with van der Waals surface area (Å²) in [7, 11) is -3.79. The lowest BCUT2D eigenvalue weighted by Gasteiger charge is -2.33. The predicted molar refractivity (Wildman–Crippen MR) is 90.3 cm³/mol. The van der Waals surface area contributed by atoms with Gasteiger partial charge in [-0.15, -0.1) is 0 Å². The van der Waals surface area contributed by atoms with Crippen LogP contribution in [0.15, 0.2) is 29.2 Å². The van der Waals surface area contributed by atoms with Crippen LogP contribution >= 0.6 is 0 Å². The molecular weight excluding hydrogens is 330 g/mol. The minimum absolute atomic E-state index is 0.194. The zero-order chi connectivity index (χ0) is 18.0. The van der Waals surface area contributed by atoms with Gasteiger partial charge >= 0.3 is 6.09 Å². The molecule has 0 spiro atoms. The highest BCUT2D eigenvalue weighted by molar-refractivity contribution is 7.86. The molecule has 134 valence electrons. The number of hydrogen-bond acceptors (Lipinski definition) is 5. The molecule has 0 atom stereocenters. The molecule has 24 heavy (non-hydrogen) atoms. The maximum Gasteiger partial charge on any atom is 0.410 e. The second-order valence-corrected chi connectivity index (χ2v) is 8.52. The second-order valence-electron chi connectivity index (χ2n) is 6.98. The summed E-state index contributed by atoms with van der Waals surface area (Å²) in [5.41, 5.74) is 0.113. The molecule has 1 fully saturated rings. The maximum absolute atomic E-state index is 12.4. The first-order valence-corrected chi connectivity index (χ1v) is 9.46. The van der Waals surface area contributed by atoms with E-state index in [0.29, 0.717) is 31.5 Å². The molecule has 0 bridgehead atoms. The van der Waals surface area contributed by atoms with E-state index in [4.69, 9.17) is 8.92 Å². The number of amides is 1. The van der Waals surface area contributed by atoms with Gasteiger partial charge in [0.05, 0.1) is 11.0 Å². The van der Waals surface area contributed by atoms with Gasteiger partial charge in [0.25, 0.3) is 10.1 Å². The first-order chi connectivity index (χ1) is 11.1. The Morgan fingerprint density at radius 2 is 1.75 bits per heavy atom. The van der Waals surface area contributed by atoms with Crippen LogP contribution in [0.1, 0.15) is 39.2 Å². The molecular formula is C17H25NO5S. The van der Waals surface area contributed by atoms with Gasteiger partial charge in [0.15, 0.2) is 0 Å². The van der Waals surface area contributed by atoms with Crippen molar-refractivity contribution < 1.29 is 22.1 Å². The smallest absolute Gasteiger partial charge is 0.410 e. The Morgan fingerprint density at radius 1 is 1.17 bits per heavy atom. The molecule has 1 heterocycles. The van der Waals surface area contributed by atoms with Crippen LogP contribution in [0.5, 0.6) is 0 Å². The van der Waals surface area contributed by atoms with Crippen LogP contribution in [0.3, 0.4) is 0 Å². The molecule has 1 aromatic rings. The van der Waals surface area contributed by atoms with Gasteiger partial charge in [0.1, 0.15) is 5.60 Å². The van der Waals surface area contributed by atoms with Crippen molar-refractivity contribution in [1.29, 1.82) is 0 Å². The number of likely N-dealkylation sites (tertiary alicyclic amines) is 1. The van der Waals surface area contributed by atoms with Crippen molar-refractivity contribution >= 4 is 16.2 Å². The summed E-state index contributed by atoms with van der Waals surface area (Å²) < 4.78 is 35.5. The lowest BCUT2D eigenvalue weighted by molar-refractivity contribution is 0.0133. The lowest BCUT2D eigenvalue weighted by atomic mass is 10.1. The quantitative estimate of drug-likeness (QED) is 0.779. The summed E-state index contributed by atoms with van der Waals surface area (Å²) in [6.07, 6.45) is 0.130. The summed E-state index contributed by atoms with van der Waals surface area (Å²) in [5, 5.41) is 0. The van der Waals surface area contributed by atoms with E-state index in [1.165, 1.54) is 0 Å². The Bertz CT molecular complexity index is 685. The molecule has 7 heteroatoms. The van der Waals surface area contributed by atoms with Crippen molar-refractivity contribution in [3.05, 3.63) is 29.8 Å². The van der Waals surface area contributed by atoms with E-state index >= 15 is 0 Å². The van der Waals surface area contributed by atoms with Gasteiger partial charge in [-0.05, 0) is 52.2 Å². The Morgan fingerprint density at radius 3 is 2.29 bits per heavy atom. The monoisotopic (exact) mass is 355 g/mol. The number of carbonyl (C=O) groups is 1. The number of benzene rings is 1. The lowest BCUT2D eigenvalue weighted by Crippen LogP contribution is -2.43.